The summed E-state index contributed by atoms with van der Waals surface area (Å²) in [5, 5.41) is 16.7. The van der Waals surface area contributed by atoms with E-state index in [-0.39, 0.29) is 29.2 Å². The van der Waals surface area contributed by atoms with E-state index in [0.717, 1.165) is 0 Å². The molecule has 0 aliphatic carbocycles. The van der Waals surface area contributed by atoms with Gasteiger partial charge in [-0.1, -0.05) is 18.7 Å². The fourth-order valence-electron chi connectivity index (χ4n) is 3.74. The van der Waals surface area contributed by atoms with E-state index in [1.807, 2.05) is 0 Å². The number of ether oxygens (including phenoxy) is 1. The van der Waals surface area contributed by atoms with Gasteiger partial charge in [-0.05, 0) is 42.5 Å². The highest BCUT2D eigenvalue weighted by Crippen LogP contribution is 2.33. The van der Waals surface area contributed by atoms with Gasteiger partial charge in [-0.3, -0.25) is 14.4 Å². The molecular weight excluding hydrogens is 450 g/mol. The van der Waals surface area contributed by atoms with Crippen LogP contribution in [0, 0.1) is 0 Å². The molecular formula is C24H21N7O4. The summed E-state index contributed by atoms with van der Waals surface area (Å²) in [6.45, 7) is 4.45. The smallest absolute Gasteiger partial charge is 0.292 e. The summed E-state index contributed by atoms with van der Waals surface area (Å²) in [4.78, 5) is 36.5. The molecule has 2 aromatic carbocycles. The summed E-state index contributed by atoms with van der Waals surface area (Å²) in [7, 11) is 0. The molecule has 3 heterocycles. The maximum atomic E-state index is 12.5. The van der Waals surface area contributed by atoms with E-state index in [0.29, 0.717) is 46.8 Å². The second kappa shape index (κ2) is 8.88. The monoisotopic (exact) mass is 471 g/mol. The lowest BCUT2D eigenvalue weighted by Gasteiger charge is -2.26. The quantitative estimate of drug-likeness (QED) is 0.311. The number of rotatable bonds is 6. The Labute approximate surface area is 198 Å². The molecule has 0 bridgehead atoms. The van der Waals surface area contributed by atoms with E-state index >= 15 is 0 Å². The maximum Gasteiger partial charge on any atom is 0.292 e. The van der Waals surface area contributed by atoms with Gasteiger partial charge in [0.1, 0.15) is 0 Å². The number of aromatic amines is 1. The maximum absolute atomic E-state index is 12.5. The van der Waals surface area contributed by atoms with Crippen LogP contribution in [-0.4, -0.2) is 51.0 Å². The molecule has 5 N–H and O–H groups in total. The topological polar surface area (TPSA) is 157 Å². The molecule has 0 radical (unpaired) electrons. The van der Waals surface area contributed by atoms with Crippen LogP contribution in [0.5, 0.6) is 0 Å². The van der Waals surface area contributed by atoms with Crippen LogP contribution in [0.1, 0.15) is 10.4 Å². The third kappa shape index (κ3) is 4.15. The van der Waals surface area contributed by atoms with Crippen molar-refractivity contribution in [2.45, 2.75) is 6.04 Å². The Hall–Kier alpha value is -4.77. The second-order valence-corrected chi connectivity index (χ2v) is 7.95. The molecule has 11 nitrogen and oxygen atoms in total. The van der Waals surface area contributed by atoms with Crippen molar-refractivity contribution in [1.29, 1.82) is 0 Å². The molecule has 5 rings (SSSR count). The fraction of sp³-hybridized carbons (Fsp3) is 0.125. The van der Waals surface area contributed by atoms with Crippen LogP contribution in [-0.2, 0) is 9.53 Å². The van der Waals surface area contributed by atoms with Crippen LogP contribution in [0.4, 0.5) is 11.5 Å². The minimum absolute atomic E-state index is 0.0179. The highest BCUT2D eigenvalue weighted by molar-refractivity contribution is 6.01. The Morgan fingerprint density at radius 3 is 2.49 bits per heavy atom. The summed E-state index contributed by atoms with van der Waals surface area (Å²) >= 11 is 0. The van der Waals surface area contributed by atoms with Crippen LogP contribution >= 0.6 is 0 Å². The van der Waals surface area contributed by atoms with Gasteiger partial charge in [0.25, 0.3) is 11.5 Å². The van der Waals surface area contributed by atoms with Crippen molar-refractivity contribution >= 4 is 34.2 Å². The minimum atomic E-state index is -0.484. The predicted octanol–water partition coefficient (Wildman–Crippen LogP) is 1.61. The van der Waals surface area contributed by atoms with Crippen molar-refractivity contribution < 1.29 is 14.3 Å². The standard InChI is InChI=1S/C24H21N7O4/c1-2-18(32)26-15-7-9-17(10-8-15)31-21(19-20(30-31)24(34)29-28-22(19)25)13-3-5-14(6-4-13)23(33)27-16-11-35-12-16/h2-10,16H,1,11-12H2,(H2,25,28)(H,26,32)(H,27,33)(H,29,34). The number of anilines is 2. The molecule has 11 heteroatoms. The van der Waals surface area contributed by atoms with Gasteiger partial charge in [-0.15, -0.1) is 0 Å². The molecule has 2 amide bonds. The van der Waals surface area contributed by atoms with Gasteiger partial charge in [0.2, 0.25) is 5.91 Å². The Kier molecular flexibility index (Phi) is 5.59. The number of nitrogens with one attached hydrogen (secondary N) is 3. The average Bonchev–Trinajstić information content (AvgIpc) is 3.26. The van der Waals surface area contributed by atoms with Gasteiger partial charge in [0.15, 0.2) is 11.3 Å². The first-order valence-electron chi connectivity index (χ1n) is 10.7. The molecule has 35 heavy (non-hydrogen) atoms. The first-order valence-corrected chi connectivity index (χ1v) is 10.7. The van der Waals surface area contributed by atoms with E-state index in [1.54, 1.807) is 53.2 Å². The van der Waals surface area contributed by atoms with Crippen molar-refractivity contribution in [3.63, 3.8) is 0 Å². The Bertz CT molecular complexity index is 1500. The highest BCUT2D eigenvalue weighted by Gasteiger charge is 2.23. The molecule has 1 aliphatic heterocycles. The number of hydrogen-bond donors (Lipinski definition) is 4. The summed E-state index contributed by atoms with van der Waals surface area (Å²) in [5.74, 6) is -0.414. The predicted molar refractivity (Wildman–Crippen MR) is 130 cm³/mol. The van der Waals surface area contributed by atoms with Crippen LogP contribution in [0.15, 0.2) is 66.0 Å². The number of H-pyrrole nitrogens is 1. The van der Waals surface area contributed by atoms with Crippen molar-refractivity contribution in [2.75, 3.05) is 24.3 Å². The molecule has 0 unspecified atom stereocenters. The summed E-state index contributed by atoms with van der Waals surface area (Å²) in [6.07, 6.45) is 1.18. The van der Waals surface area contributed by atoms with Gasteiger partial charge >= 0.3 is 0 Å². The summed E-state index contributed by atoms with van der Waals surface area (Å²) in [5.41, 5.74) is 8.68. The minimum Gasteiger partial charge on any atom is -0.382 e. The number of nitrogens with zero attached hydrogens (tertiary/aromatic N) is 3. The molecule has 1 aliphatic rings. The Morgan fingerprint density at radius 2 is 1.86 bits per heavy atom. The SMILES string of the molecule is C=CC(=O)Nc1ccc(-n2nc3c(=O)[nH]nc(N)c3c2-c2ccc(C(=O)NC3COC3)cc2)cc1. The molecule has 4 aromatic rings. The van der Waals surface area contributed by atoms with Crippen molar-refractivity contribution in [1.82, 2.24) is 25.3 Å². The normalized spacial score (nSPS) is 13.3. The number of amides is 2. The Balaban J connectivity index is 1.58. The van der Waals surface area contributed by atoms with E-state index in [1.165, 1.54) is 6.08 Å². The van der Waals surface area contributed by atoms with E-state index in [9.17, 15) is 14.4 Å². The molecule has 0 saturated carbocycles. The van der Waals surface area contributed by atoms with Gasteiger partial charge in [0, 0.05) is 16.8 Å². The number of fused-ring (bicyclic) bond motifs is 1. The van der Waals surface area contributed by atoms with Gasteiger partial charge in [-0.2, -0.15) is 10.2 Å². The van der Waals surface area contributed by atoms with Gasteiger partial charge < -0.3 is 21.1 Å². The van der Waals surface area contributed by atoms with Crippen molar-refractivity contribution in [3.8, 4) is 16.9 Å². The largest absolute Gasteiger partial charge is 0.382 e. The fourth-order valence-corrected chi connectivity index (χ4v) is 3.74. The molecule has 1 saturated heterocycles. The van der Waals surface area contributed by atoms with E-state index in [2.05, 4.69) is 32.5 Å². The molecule has 0 spiro atoms. The number of nitrogens with two attached hydrogens (primary N) is 1. The van der Waals surface area contributed by atoms with Gasteiger partial charge in [-0.25, -0.2) is 9.78 Å². The summed E-state index contributed by atoms with van der Waals surface area (Å²) < 4.78 is 6.67. The third-order valence-electron chi connectivity index (χ3n) is 5.59. The first kappa shape index (κ1) is 22.0. The lowest BCUT2D eigenvalue weighted by molar-refractivity contribution is -0.111. The molecule has 176 valence electrons. The van der Waals surface area contributed by atoms with Gasteiger partial charge in [0.05, 0.1) is 36.0 Å². The zero-order valence-electron chi connectivity index (χ0n) is 18.4. The second-order valence-electron chi connectivity index (χ2n) is 7.95. The lowest BCUT2D eigenvalue weighted by atomic mass is 10.1. The van der Waals surface area contributed by atoms with E-state index in [4.69, 9.17) is 10.5 Å². The van der Waals surface area contributed by atoms with E-state index < -0.39 is 5.56 Å². The van der Waals surface area contributed by atoms with Crippen LogP contribution in [0.25, 0.3) is 27.8 Å². The van der Waals surface area contributed by atoms with Crippen LogP contribution in [0.2, 0.25) is 0 Å². The number of nitrogen functional groups attached to an aromatic ring is 1. The molecule has 2 aromatic heterocycles. The third-order valence-corrected chi connectivity index (χ3v) is 5.59. The van der Waals surface area contributed by atoms with Crippen molar-refractivity contribution in [2.24, 2.45) is 0 Å². The molecule has 1 fully saturated rings. The number of carbonyl (C=O) groups is 2. The van der Waals surface area contributed by atoms with Crippen molar-refractivity contribution in [3.05, 3.63) is 77.1 Å². The highest BCUT2D eigenvalue weighted by atomic mass is 16.5. The van der Waals surface area contributed by atoms with Crippen LogP contribution in [0.3, 0.4) is 0 Å². The van der Waals surface area contributed by atoms with Crippen LogP contribution < -0.4 is 21.9 Å². The lowest BCUT2D eigenvalue weighted by Crippen LogP contribution is -2.48. The average molecular weight is 471 g/mol. The number of benzene rings is 2. The summed E-state index contributed by atoms with van der Waals surface area (Å²) in [6, 6.07) is 13.8. The first-order chi connectivity index (χ1) is 16.9. The number of hydrogen-bond acceptors (Lipinski definition) is 7. The Morgan fingerprint density at radius 1 is 1.14 bits per heavy atom. The zero-order chi connectivity index (χ0) is 24.5. The number of carbonyl (C=O) groups excluding carboxylic acids is 2. The zero-order valence-corrected chi connectivity index (χ0v) is 18.4. The molecule has 0 atom stereocenters. The number of aromatic nitrogens is 4.